The number of ether oxygens (including phenoxy) is 1. The molecule has 9 nitrogen and oxygen atoms in total. The standard InChI is InChI=1S/C22H22ClN5O4S/c1-11-16(23)7-15(20(32-3)18(11)13-6-14(33(30)31)9-25-8-13)12(2)28-5-4-17(29)19-21(24)26-10-27-22(19)28/h4-9,12,27H,10H2,1-3H3,(H2,24,26)(H,30,31). The van der Waals surface area contributed by atoms with Gasteiger partial charge in [0.25, 0.3) is 0 Å². The van der Waals surface area contributed by atoms with E-state index in [2.05, 4.69) is 15.3 Å². The van der Waals surface area contributed by atoms with Crippen LogP contribution in [0.3, 0.4) is 0 Å². The van der Waals surface area contributed by atoms with Crippen molar-refractivity contribution in [2.75, 3.05) is 19.1 Å². The van der Waals surface area contributed by atoms with Crippen molar-refractivity contribution < 1.29 is 13.5 Å². The van der Waals surface area contributed by atoms with Gasteiger partial charge in [0, 0.05) is 46.4 Å². The van der Waals surface area contributed by atoms with Gasteiger partial charge in [-0.3, -0.25) is 9.78 Å². The summed E-state index contributed by atoms with van der Waals surface area (Å²) in [5.74, 6) is 1.28. The van der Waals surface area contributed by atoms with Crippen LogP contribution in [0.5, 0.6) is 5.75 Å². The maximum Gasteiger partial charge on any atom is 0.194 e. The molecular formula is C22H22ClN5O4S. The quantitative estimate of drug-likeness (QED) is 0.471. The van der Waals surface area contributed by atoms with Gasteiger partial charge in [-0.2, -0.15) is 0 Å². The fraction of sp³-hybridized carbons (Fsp3) is 0.227. The van der Waals surface area contributed by atoms with Crippen molar-refractivity contribution in [2.45, 2.75) is 24.8 Å². The Kier molecular flexibility index (Phi) is 6.24. The smallest absolute Gasteiger partial charge is 0.194 e. The van der Waals surface area contributed by atoms with Crippen molar-refractivity contribution in [3.8, 4) is 16.9 Å². The van der Waals surface area contributed by atoms with Gasteiger partial charge in [0.1, 0.15) is 29.6 Å². The average Bonchev–Trinajstić information content (AvgIpc) is 2.80. The number of methoxy groups -OCH3 is 1. The van der Waals surface area contributed by atoms with Gasteiger partial charge in [0.15, 0.2) is 16.5 Å². The number of anilines is 1. The highest BCUT2D eigenvalue weighted by molar-refractivity contribution is 7.79. The molecule has 0 radical (unpaired) electrons. The van der Waals surface area contributed by atoms with Gasteiger partial charge in [-0.05, 0) is 31.5 Å². The Hall–Kier alpha value is -3.21. The van der Waals surface area contributed by atoms with Crippen molar-refractivity contribution in [3.05, 3.63) is 68.7 Å². The van der Waals surface area contributed by atoms with Crippen LogP contribution < -0.4 is 21.2 Å². The molecule has 172 valence electrons. The summed E-state index contributed by atoms with van der Waals surface area (Å²) in [7, 11) is 1.55. The minimum absolute atomic E-state index is 0.164. The lowest BCUT2D eigenvalue weighted by Gasteiger charge is -2.27. The first kappa shape index (κ1) is 23.0. The fourth-order valence-electron chi connectivity index (χ4n) is 4.00. The second kappa shape index (κ2) is 8.97. The molecule has 0 bridgehead atoms. The van der Waals surface area contributed by atoms with Crippen LogP contribution in [0, 0.1) is 6.92 Å². The number of nitrogens with one attached hydrogen (secondary N) is 1. The van der Waals surface area contributed by atoms with Gasteiger partial charge in [-0.15, -0.1) is 0 Å². The lowest BCUT2D eigenvalue weighted by molar-refractivity contribution is 0.405. The van der Waals surface area contributed by atoms with Gasteiger partial charge >= 0.3 is 0 Å². The van der Waals surface area contributed by atoms with Crippen LogP contribution in [0.1, 0.15) is 29.7 Å². The normalized spacial score (nSPS) is 14.6. The van der Waals surface area contributed by atoms with E-state index in [1.165, 1.54) is 12.3 Å². The number of aliphatic imine (C=N–C) groups is 1. The number of rotatable bonds is 5. The zero-order chi connectivity index (χ0) is 23.9. The molecule has 0 aliphatic carbocycles. The third-order valence-electron chi connectivity index (χ3n) is 5.66. The number of benzene rings is 1. The SMILES string of the molecule is COc1c(C(C)n2ccc(=O)c3c2NCN=C3N)cc(Cl)c(C)c1-c1cncc(S(=O)O)c1. The molecule has 1 aliphatic rings. The summed E-state index contributed by atoms with van der Waals surface area (Å²) in [6, 6.07) is 4.51. The summed E-state index contributed by atoms with van der Waals surface area (Å²) in [4.78, 5) is 20.8. The molecule has 2 unspecified atom stereocenters. The highest BCUT2D eigenvalue weighted by Crippen LogP contribution is 2.43. The molecule has 1 aromatic carbocycles. The van der Waals surface area contributed by atoms with Crippen molar-refractivity contribution in [2.24, 2.45) is 10.7 Å². The Bertz CT molecular complexity index is 1370. The van der Waals surface area contributed by atoms with Gasteiger partial charge < -0.3 is 24.9 Å². The molecule has 0 saturated carbocycles. The van der Waals surface area contributed by atoms with Crippen molar-refractivity contribution in [1.29, 1.82) is 0 Å². The van der Waals surface area contributed by atoms with E-state index in [1.54, 1.807) is 25.6 Å². The number of nitrogens with two attached hydrogens (primary N) is 1. The van der Waals surface area contributed by atoms with E-state index in [-0.39, 0.29) is 28.9 Å². The molecule has 33 heavy (non-hydrogen) atoms. The molecule has 11 heteroatoms. The number of hydrogen-bond acceptors (Lipinski definition) is 7. The Morgan fingerprint density at radius 2 is 2.09 bits per heavy atom. The fourth-order valence-corrected chi connectivity index (χ4v) is 4.59. The monoisotopic (exact) mass is 487 g/mol. The number of amidine groups is 1. The highest BCUT2D eigenvalue weighted by atomic mass is 35.5. The number of pyridine rings is 2. The molecule has 4 N–H and O–H groups in total. The lowest BCUT2D eigenvalue weighted by Crippen LogP contribution is -2.32. The average molecular weight is 488 g/mol. The lowest BCUT2D eigenvalue weighted by atomic mass is 9.94. The highest BCUT2D eigenvalue weighted by Gasteiger charge is 2.26. The summed E-state index contributed by atoms with van der Waals surface area (Å²) >= 11 is 4.44. The van der Waals surface area contributed by atoms with Crippen LogP contribution in [0.2, 0.25) is 5.02 Å². The molecule has 2 atom stereocenters. The van der Waals surface area contributed by atoms with Gasteiger partial charge in [0.05, 0.1) is 18.0 Å². The van der Waals surface area contributed by atoms with Crippen LogP contribution in [0.15, 0.2) is 51.5 Å². The zero-order valence-corrected chi connectivity index (χ0v) is 19.7. The van der Waals surface area contributed by atoms with Gasteiger partial charge in [0.2, 0.25) is 0 Å². The minimum Gasteiger partial charge on any atom is -0.496 e. The van der Waals surface area contributed by atoms with Crippen LogP contribution in [-0.2, 0) is 11.1 Å². The van der Waals surface area contributed by atoms with Crippen LogP contribution >= 0.6 is 11.6 Å². The molecule has 0 spiro atoms. The molecule has 3 heterocycles. The molecule has 1 aliphatic heterocycles. The third-order valence-corrected chi connectivity index (χ3v) is 6.68. The second-order valence-electron chi connectivity index (χ2n) is 7.50. The maximum absolute atomic E-state index is 12.4. The van der Waals surface area contributed by atoms with E-state index in [1.807, 2.05) is 24.5 Å². The van der Waals surface area contributed by atoms with E-state index < -0.39 is 11.1 Å². The van der Waals surface area contributed by atoms with Crippen LogP contribution in [0.4, 0.5) is 5.82 Å². The van der Waals surface area contributed by atoms with Gasteiger partial charge in [-0.1, -0.05) is 11.6 Å². The molecule has 2 aromatic heterocycles. The second-order valence-corrected chi connectivity index (χ2v) is 8.88. The van der Waals surface area contributed by atoms with Crippen molar-refractivity contribution in [1.82, 2.24) is 9.55 Å². The van der Waals surface area contributed by atoms with E-state index in [9.17, 15) is 13.6 Å². The molecule has 0 saturated heterocycles. The Morgan fingerprint density at radius 1 is 1.33 bits per heavy atom. The van der Waals surface area contributed by atoms with Crippen LogP contribution in [-0.4, -0.2) is 37.9 Å². The van der Waals surface area contributed by atoms with Crippen molar-refractivity contribution in [3.63, 3.8) is 0 Å². The molecule has 0 fully saturated rings. The summed E-state index contributed by atoms with van der Waals surface area (Å²) in [5.41, 5.74) is 8.82. The number of halogens is 1. The molecular weight excluding hydrogens is 466 g/mol. The number of nitrogens with zero attached hydrogens (tertiary/aromatic N) is 3. The summed E-state index contributed by atoms with van der Waals surface area (Å²) in [6.07, 6.45) is 4.60. The first-order valence-corrected chi connectivity index (χ1v) is 11.5. The minimum atomic E-state index is -2.19. The van der Waals surface area contributed by atoms with E-state index in [0.717, 1.165) is 11.1 Å². The van der Waals surface area contributed by atoms with Crippen molar-refractivity contribution >= 4 is 34.3 Å². The first-order chi connectivity index (χ1) is 15.7. The van der Waals surface area contributed by atoms with Gasteiger partial charge in [-0.25, -0.2) is 9.20 Å². The molecule has 4 rings (SSSR count). The Labute approximate surface area is 197 Å². The van der Waals surface area contributed by atoms with E-state index in [0.29, 0.717) is 33.3 Å². The molecule has 0 amide bonds. The first-order valence-electron chi connectivity index (χ1n) is 9.97. The third kappa shape index (κ3) is 4.01. The summed E-state index contributed by atoms with van der Waals surface area (Å²) in [5, 5.41) is 3.63. The number of fused-ring (bicyclic) bond motifs is 1. The summed E-state index contributed by atoms with van der Waals surface area (Å²) in [6.45, 7) is 4.04. The topological polar surface area (TPSA) is 132 Å². The predicted octanol–water partition coefficient (Wildman–Crippen LogP) is 3.16. The van der Waals surface area contributed by atoms with Crippen LogP contribution in [0.25, 0.3) is 11.1 Å². The van der Waals surface area contributed by atoms with E-state index in [4.69, 9.17) is 22.1 Å². The number of hydrogen-bond donors (Lipinski definition) is 3. The molecule has 3 aromatic rings. The zero-order valence-electron chi connectivity index (χ0n) is 18.1. The van der Waals surface area contributed by atoms with E-state index >= 15 is 0 Å². The summed E-state index contributed by atoms with van der Waals surface area (Å²) < 4.78 is 28.8. The largest absolute Gasteiger partial charge is 0.496 e. The predicted molar refractivity (Wildman–Crippen MR) is 129 cm³/mol. The maximum atomic E-state index is 12.4. The number of aromatic nitrogens is 2. The Balaban J connectivity index is 1.95. The Morgan fingerprint density at radius 3 is 2.79 bits per heavy atom.